The molecule has 0 saturated heterocycles. The molecule has 0 unspecified atom stereocenters. The summed E-state index contributed by atoms with van der Waals surface area (Å²) in [6.07, 6.45) is 1.19. The van der Waals surface area contributed by atoms with E-state index in [4.69, 9.17) is 9.72 Å². The van der Waals surface area contributed by atoms with E-state index in [0.717, 1.165) is 35.8 Å². The van der Waals surface area contributed by atoms with Crippen LogP contribution in [0.3, 0.4) is 0 Å². The summed E-state index contributed by atoms with van der Waals surface area (Å²) in [5.74, 6) is 1.05. The van der Waals surface area contributed by atoms with Crippen LogP contribution in [0.4, 0.5) is 18.0 Å². The van der Waals surface area contributed by atoms with Crippen molar-refractivity contribution < 1.29 is 22.7 Å². The number of fused-ring (bicyclic) bond motifs is 5. The fraction of sp³-hybridized carbons (Fsp3) is 0.609. The van der Waals surface area contributed by atoms with Gasteiger partial charge >= 0.3 is 12.3 Å². The normalized spacial score (nSPS) is 24.9. The molecule has 0 spiro atoms. The van der Waals surface area contributed by atoms with Crippen molar-refractivity contribution in [3.63, 3.8) is 0 Å². The Balaban J connectivity index is 1.49. The highest BCUT2D eigenvalue weighted by molar-refractivity contribution is 6.01. The van der Waals surface area contributed by atoms with Gasteiger partial charge in [-0.25, -0.2) is 14.8 Å². The molecule has 5 rings (SSSR count). The lowest BCUT2D eigenvalue weighted by atomic mass is 9.90. The Kier molecular flexibility index (Phi) is 5.50. The minimum Gasteiger partial charge on any atom is -0.444 e. The topological polar surface area (TPSA) is 96.9 Å². The molecular weight excluding hydrogens is 449 g/mol. The molecule has 3 aromatic rings. The second-order valence-corrected chi connectivity index (χ2v) is 10.4. The Bertz CT molecular complexity index is 1210. The third kappa shape index (κ3) is 4.45. The van der Waals surface area contributed by atoms with Crippen LogP contribution >= 0.6 is 0 Å². The van der Waals surface area contributed by atoms with Crippen LogP contribution in [0.1, 0.15) is 51.9 Å². The number of hydrogen-bond donors (Lipinski definition) is 3. The number of hydrogen-bond acceptors (Lipinski definition) is 5. The van der Waals surface area contributed by atoms with Crippen LogP contribution in [0.2, 0.25) is 0 Å². The monoisotopic (exact) mass is 478 g/mol. The molecule has 0 radical (unpaired) electrons. The van der Waals surface area contributed by atoms with Gasteiger partial charge in [0.05, 0.1) is 24.8 Å². The predicted molar refractivity (Wildman–Crippen MR) is 120 cm³/mol. The van der Waals surface area contributed by atoms with E-state index in [2.05, 4.69) is 25.2 Å². The first-order valence-electron chi connectivity index (χ1n) is 11.6. The van der Waals surface area contributed by atoms with Gasteiger partial charge in [-0.05, 0) is 57.9 Å². The first kappa shape index (κ1) is 22.9. The van der Waals surface area contributed by atoms with Gasteiger partial charge < -0.3 is 24.9 Å². The Morgan fingerprint density at radius 1 is 1.26 bits per heavy atom. The van der Waals surface area contributed by atoms with Crippen molar-refractivity contribution in [1.82, 2.24) is 30.2 Å². The molecule has 11 heteroatoms. The smallest absolute Gasteiger partial charge is 0.408 e. The van der Waals surface area contributed by atoms with Crippen LogP contribution in [-0.2, 0) is 11.3 Å². The quantitative estimate of drug-likeness (QED) is 0.504. The van der Waals surface area contributed by atoms with E-state index < -0.39 is 24.4 Å². The van der Waals surface area contributed by atoms with Crippen LogP contribution in [-0.4, -0.2) is 50.0 Å². The van der Waals surface area contributed by atoms with Crippen molar-refractivity contribution in [1.29, 1.82) is 0 Å². The second-order valence-electron chi connectivity index (χ2n) is 10.4. The molecule has 2 aliphatic carbocycles. The minimum atomic E-state index is -4.25. The molecule has 2 aliphatic rings. The molecule has 4 atom stereocenters. The molecule has 2 bridgehead atoms. The van der Waals surface area contributed by atoms with Crippen molar-refractivity contribution in [2.75, 3.05) is 6.54 Å². The zero-order chi connectivity index (χ0) is 24.3. The summed E-state index contributed by atoms with van der Waals surface area (Å²) in [5, 5.41) is 6.44. The summed E-state index contributed by atoms with van der Waals surface area (Å²) < 4.78 is 46.1. The lowest BCUT2D eigenvalue weighted by Gasteiger charge is -2.33. The van der Waals surface area contributed by atoms with Gasteiger partial charge in [-0.15, -0.1) is 0 Å². The summed E-state index contributed by atoms with van der Waals surface area (Å²) >= 11 is 0. The molecule has 34 heavy (non-hydrogen) atoms. The molecule has 3 heterocycles. The number of H-pyrrole nitrogens is 1. The number of aromatic nitrogens is 4. The average molecular weight is 479 g/mol. The van der Waals surface area contributed by atoms with E-state index in [0.29, 0.717) is 17.3 Å². The van der Waals surface area contributed by atoms with Crippen molar-refractivity contribution >= 4 is 28.2 Å². The number of ether oxygens (including phenoxy) is 1. The van der Waals surface area contributed by atoms with E-state index >= 15 is 0 Å². The Labute approximate surface area is 194 Å². The van der Waals surface area contributed by atoms with Crippen LogP contribution < -0.4 is 10.6 Å². The molecule has 8 nitrogen and oxygen atoms in total. The number of carbonyl (C=O) groups excluding carboxylic acids is 1. The van der Waals surface area contributed by atoms with Crippen LogP contribution in [0.5, 0.6) is 0 Å². The maximum atomic E-state index is 12.9. The Hall–Kier alpha value is -2.82. The predicted octanol–water partition coefficient (Wildman–Crippen LogP) is 4.43. The number of carbonyl (C=O) groups is 1. The van der Waals surface area contributed by atoms with Gasteiger partial charge in [0.15, 0.2) is 0 Å². The van der Waals surface area contributed by atoms with Crippen molar-refractivity contribution in [3.05, 3.63) is 24.3 Å². The highest BCUT2D eigenvalue weighted by atomic mass is 19.4. The van der Waals surface area contributed by atoms with Gasteiger partial charge in [-0.3, -0.25) is 0 Å². The number of nitrogens with zero attached hydrogens (tertiary/aromatic N) is 3. The average Bonchev–Trinajstić information content (AvgIpc) is 3.49. The third-order valence-corrected chi connectivity index (χ3v) is 6.77. The molecule has 3 aromatic heterocycles. The number of rotatable bonds is 5. The number of nitrogens with one attached hydrogen (secondary N) is 3. The van der Waals surface area contributed by atoms with E-state index in [1.54, 1.807) is 27.0 Å². The summed E-state index contributed by atoms with van der Waals surface area (Å²) in [6, 6.07) is 1.70. The number of alkyl halides is 3. The SMILES string of the molecule is CC(C)(C)OC(=O)NCc1nc2cnc3[nH]ccc3c2n1[C@@H]1C[C@@H]2C[C@H]1[C@H](NCC(F)(F)F)C2. The molecule has 1 amide bonds. The fourth-order valence-corrected chi connectivity index (χ4v) is 5.68. The van der Waals surface area contributed by atoms with E-state index in [1.807, 2.05) is 12.3 Å². The zero-order valence-electron chi connectivity index (χ0n) is 19.4. The number of imidazole rings is 1. The van der Waals surface area contributed by atoms with Gasteiger partial charge in [-0.1, -0.05) is 0 Å². The highest BCUT2D eigenvalue weighted by Crippen LogP contribution is 2.52. The number of halogens is 3. The molecule has 0 aromatic carbocycles. The van der Waals surface area contributed by atoms with E-state index in [-0.39, 0.29) is 24.5 Å². The summed E-state index contributed by atoms with van der Waals surface area (Å²) in [5.41, 5.74) is 1.66. The fourth-order valence-electron chi connectivity index (χ4n) is 5.68. The maximum absolute atomic E-state index is 12.9. The number of amides is 1. The van der Waals surface area contributed by atoms with Gasteiger partial charge in [0.1, 0.15) is 22.6 Å². The first-order valence-corrected chi connectivity index (χ1v) is 11.6. The molecular formula is C23H29F3N6O2. The second kappa shape index (κ2) is 8.14. The van der Waals surface area contributed by atoms with Crippen molar-refractivity contribution in [3.8, 4) is 0 Å². The van der Waals surface area contributed by atoms with Gasteiger partial charge in [0.25, 0.3) is 0 Å². The lowest BCUT2D eigenvalue weighted by molar-refractivity contribution is -0.127. The lowest BCUT2D eigenvalue weighted by Crippen LogP contribution is -2.43. The summed E-state index contributed by atoms with van der Waals surface area (Å²) in [7, 11) is 0. The number of pyridine rings is 1. The van der Waals surface area contributed by atoms with Crippen molar-refractivity contribution in [2.24, 2.45) is 11.8 Å². The molecule has 0 aliphatic heterocycles. The van der Waals surface area contributed by atoms with E-state index in [9.17, 15) is 18.0 Å². The molecule has 184 valence electrons. The summed E-state index contributed by atoms with van der Waals surface area (Å²) in [4.78, 5) is 24.6. The van der Waals surface area contributed by atoms with Crippen molar-refractivity contribution in [2.45, 2.75) is 70.4 Å². The first-order chi connectivity index (χ1) is 16.0. The Morgan fingerprint density at radius 2 is 2.06 bits per heavy atom. The Morgan fingerprint density at radius 3 is 2.76 bits per heavy atom. The minimum absolute atomic E-state index is 0.0228. The van der Waals surface area contributed by atoms with E-state index in [1.165, 1.54) is 0 Å². The molecule has 2 saturated carbocycles. The molecule has 2 fully saturated rings. The third-order valence-electron chi connectivity index (χ3n) is 6.77. The largest absolute Gasteiger partial charge is 0.444 e. The highest BCUT2D eigenvalue weighted by Gasteiger charge is 2.48. The maximum Gasteiger partial charge on any atom is 0.408 e. The zero-order valence-corrected chi connectivity index (χ0v) is 19.4. The standard InChI is InChI=1S/C23H29F3N6O2/c1-22(2,3)34-21(33)29-10-18-31-16-9-28-20-13(4-5-27-20)19(16)32(18)17-8-12-6-14(17)15(7-12)30-11-23(24,25)26/h4-5,9,12,14-15,17,30H,6-8,10-11H2,1-3H3,(H,27,28)(H,29,33)/t12-,14+,15-,17-/m1/s1. The van der Waals surface area contributed by atoms with Crippen LogP contribution in [0.15, 0.2) is 18.5 Å². The van der Waals surface area contributed by atoms with Crippen LogP contribution in [0, 0.1) is 11.8 Å². The molecule has 3 N–H and O–H groups in total. The number of aromatic amines is 1. The number of alkyl carbamates (subject to hydrolysis) is 1. The van der Waals surface area contributed by atoms with Gasteiger partial charge in [-0.2, -0.15) is 13.2 Å². The summed E-state index contributed by atoms with van der Waals surface area (Å²) in [6.45, 7) is 4.53. The van der Waals surface area contributed by atoms with Crippen LogP contribution in [0.25, 0.3) is 22.1 Å². The van der Waals surface area contributed by atoms with Gasteiger partial charge in [0, 0.05) is 23.7 Å². The van der Waals surface area contributed by atoms with Gasteiger partial charge in [0.2, 0.25) is 0 Å².